The average molecular weight is 696 g/mol. The largest absolute Gasteiger partial charge is 0.493 e. The third-order valence-electron chi connectivity index (χ3n) is 5.92. The molecule has 0 unspecified atom stereocenters. The first-order chi connectivity index (χ1) is 19.1. The molecule has 10 nitrogen and oxygen atoms in total. The van der Waals surface area contributed by atoms with Gasteiger partial charge in [0.25, 0.3) is 5.56 Å². The van der Waals surface area contributed by atoms with Gasteiger partial charge < -0.3 is 24.1 Å². The van der Waals surface area contributed by atoms with Gasteiger partial charge in [0.15, 0.2) is 22.9 Å². The summed E-state index contributed by atoms with van der Waals surface area (Å²) in [5, 5.41) is 8.86. The van der Waals surface area contributed by atoms with E-state index in [0.29, 0.717) is 52.4 Å². The van der Waals surface area contributed by atoms with Crippen molar-refractivity contribution in [3.8, 4) is 17.2 Å². The van der Waals surface area contributed by atoms with E-state index in [0.717, 1.165) is 0 Å². The predicted octanol–water partition coefficient (Wildman–Crippen LogP) is 3.80. The van der Waals surface area contributed by atoms with Crippen LogP contribution in [-0.2, 0) is 14.3 Å². The summed E-state index contributed by atoms with van der Waals surface area (Å²) in [4.78, 5) is 42.9. The number of ether oxygens (including phenoxy) is 4. The highest BCUT2D eigenvalue weighted by Gasteiger charge is 2.35. The van der Waals surface area contributed by atoms with Crippen LogP contribution >= 0.6 is 43.2 Å². The quantitative estimate of drug-likeness (QED) is 0.335. The van der Waals surface area contributed by atoms with E-state index in [2.05, 4.69) is 36.9 Å². The molecular formula is C27H24Br2N2O8S. The van der Waals surface area contributed by atoms with Crippen LogP contribution in [0.1, 0.15) is 31.0 Å². The van der Waals surface area contributed by atoms with Gasteiger partial charge >= 0.3 is 11.9 Å². The number of carbonyl (C=O) groups is 2. The second kappa shape index (κ2) is 12.4. The number of esters is 1. The molecule has 1 N–H and O–H groups in total. The molecular weight excluding hydrogens is 672 g/mol. The molecule has 2 heterocycles. The van der Waals surface area contributed by atoms with E-state index in [1.165, 1.54) is 30.1 Å². The minimum absolute atomic E-state index is 0.154. The Morgan fingerprint density at radius 2 is 1.80 bits per heavy atom. The monoisotopic (exact) mass is 694 g/mol. The van der Waals surface area contributed by atoms with E-state index in [-0.39, 0.29) is 17.7 Å². The number of methoxy groups -OCH3 is 2. The lowest BCUT2D eigenvalue weighted by atomic mass is 9.95. The molecule has 3 aromatic rings. The lowest BCUT2D eigenvalue weighted by molar-refractivity contribution is -0.140. The first kappa shape index (κ1) is 29.6. The molecule has 0 bridgehead atoms. The van der Waals surface area contributed by atoms with Crippen LogP contribution in [0.4, 0.5) is 0 Å². The van der Waals surface area contributed by atoms with Crippen molar-refractivity contribution in [3.63, 3.8) is 0 Å². The summed E-state index contributed by atoms with van der Waals surface area (Å²) in [7, 11) is 3.02. The Morgan fingerprint density at radius 1 is 1.10 bits per heavy atom. The Balaban J connectivity index is 1.91. The molecule has 0 fully saturated rings. The molecule has 210 valence electrons. The van der Waals surface area contributed by atoms with Crippen LogP contribution in [0.5, 0.6) is 17.2 Å². The lowest BCUT2D eigenvalue weighted by Gasteiger charge is -2.26. The van der Waals surface area contributed by atoms with E-state index in [1.807, 2.05) is 0 Å². The first-order valence-corrected chi connectivity index (χ1v) is 14.2. The minimum atomic E-state index is -1.09. The standard InChI is InChI=1S/C27H24Br2N2O8S/c1-5-38-26(35)23-13(2)30-27-31(24(23)15-10-19(36-3)20(37-4)11-16(15)28)25(34)21(40-27)9-14-6-7-18(17(29)8-14)39-12-22(32)33/h6-11,24H,5,12H2,1-4H3,(H,32,33)/b21-9+/t24-/m0/s1. The average Bonchev–Trinajstić information content (AvgIpc) is 3.21. The maximum Gasteiger partial charge on any atom is 0.341 e. The van der Waals surface area contributed by atoms with Crippen LogP contribution in [0.2, 0.25) is 0 Å². The summed E-state index contributed by atoms with van der Waals surface area (Å²) >= 11 is 8.15. The number of carbonyl (C=O) groups excluding carboxylic acids is 1. The fraction of sp³-hybridized carbons (Fsp3) is 0.259. The SMILES string of the molecule is CCOC(=O)C1=C(C)N=c2s/c(=C/c3ccc(OCC(=O)O)c(Br)c3)c(=O)n2[C@H]1c1cc(OC)c(OC)cc1Br. The van der Waals surface area contributed by atoms with Crippen LogP contribution in [-0.4, -0.2) is 49.0 Å². The van der Waals surface area contributed by atoms with E-state index >= 15 is 0 Å². The Kier molecular flexibility index (Phi) is 9.16. The number of carboxylic acid groups (broad SMARTS) is 1. The van der Waals surface area contributed by atoms with E-state index in [1.54, 1.807) is 50.3 Å². The fourth-order valence-electron chi connectivity index (χ4n) is 4.18. The smallest absolute Gasteiger partial charge is 0.341 e. The molecule has 0 spiro atoms. The van der Waals surface area contributed by atoms with Crippen molar-refractivity contribution in [2.45, 2.75) is 19.9 Å². The van der Waals surface area contributed by atoms with E-state index in [9.17, 15) is 14.4 Å². The number of aliphatic carboxylic acids is 1. The zero-order valence-corrected chi connectivity index (χ0v) is 25.8. The Morgan fingerprint density at radius 3 is 2.42 bits per heavy atom. The van der Waals surface area contributed by atoms with Crippen molar-refractivity contribution in [2.24, 2.45) is 4.99 Å². The lowest BCUT2D eigenvalue weighted by Crippen LogP contribution is -2.40. The number of benzene rings is 2. The second-order valence-corrected chi connectivity index (χ2v) is 11.1. The van der Waals surface area contributed by atoms with Crippen molar-refractivity contribution < 1.29 is 33.6 Å². The molecule has 1 aliphatic heterocycles. The molecule has 0 radical (unpaired) electrons. The van der Waals surface area contributed by atoms with Gasteiger partial charge in [0.05, 0.1) is 47.1 Å². The fourth-order valence-corrected chi connectivity index (χ4v) is 6.28. The maximum atomic E-state index is 13.9. The number of rotatable bonds is 9. The minimum Gasteiger partial charge on any atom is -0.493 e. The van der Waals surface area contributed by atoms with Gasteiger partial charge in [-0.15, -0.1) is 0 Å². The van der Waals surface area contributed by atoms with Gasteiger partial charge in [-0.05, 0) is 71.2 Å². The molecule has 40 heavy (non-hydrogen) atoms. The number of aromatic nitrogens is 1. The maximum absolute atomic E-state index is 13.9. The van der Waals surface area contributed by atoms with Gasteiger partial charge in [0, 0.05) is 4.47 Å². The molecule has 1 atom stereocenters. The molecule has 1 aromatic heterocycles. The molecule has 0 saturated heterocycles. The summed E-state index contributed by atoms with van der Waals surface area (Å²) in [6.45, 7) is 3.09. The molecule has 0 aliphatic carbocycles. The van der Waals surface area contributed by atoms with Crippen LogP contribution in [0.3, 0.4) is 0 Å². The van der Waals surface area contributed by atoms with Crippen LogP contribution in [0, 0.1) is 0 Å². The summed E-state index contributed by atoms with van der Waals surface area (Å²) in [5.74, 6) is -0.411. The Labute approximate surface area is 249 Å². The summed E-state index contributed by atoms with van der Waals surface area (Å²) < 4.78 is 24.5. The third-order valence-corrected chi connectivity index (χ3v) is 8.21. The zero-order valence-electron chi connectivity index (χ0n) is 21.8. The van der Waals surface area contributed by atoms with Crippen molar-refractivity contribution in [2.75, 3.05) is 27.4 Å². The highest BCUT2D eigenvalue weighted by Crippen LogP contribution is 2.40. The molecule has 1 aliphatic rings. The molecule has 2 aromatic carbocycles. The zero-order chi connectivity index (χ0) is 29.1. The van der Waals surface area contributed by atoms with Crippen LogP contribution < -0.4 is 29.1 Å². The topological polar surface area (TPSA) is 126 Å². The third kappa shape index (κ3) is 5.86. The van der Waals surface area contributed by atoms with Crippen molar-refractivity contribution >= 4 is 61.2 Å². The molecule has 0 amide bonds. The Hall–Kier alpha value is -3.42. The van der Waals surface area contributed by atoms with Crippen molar-refractivity contribution in [1.82, 2.24) is 4.57 Å². The van der Waals surface area contributed by atoms with E-state index in [4.69, 9.17) is 24.1 Å². The highest BCUT2D eigenvalue weighted by molar-refractivity contribution is 9.10. The van der Waals surface area contributed by atoms with Crippen molar-refractivity contribution in [3.05, 3.63) is 81.4 Å². The van der Waals surface area contributed by atoms with Gasteiger partial charge in [-0.2, -0.15) is 0 Å². The van der Waals surface area contributed by atoms with Crippen LogP contribution in [0.25, 0.3) is 6.08 Å². The number of halogens is 2. The molecule has 13 heteroatoms. The van der Waals surface area contributed by atoms with E-state index < -0.39 is 24.6 Å². The number of carboxylic acids is 1. The summed E-state index contributed by atoms with van der Waals surface area (Å²) in [5.41, 5.74) is 1.57. The van der Waals surface area contributed by atoms with Gasteiger partial charge in [-0.25, -0.2) is 14.6 Å². The molecule has 0 saturated carbocycles. The number of hydrogen-bond acceptors (Lipinski definition) is 9. The van der Waals surface area contributed by atoms with Gasteiger partial charge in [0.1, 0.15) is 5.75 Å². The number of nitrogens with zero attached hydrogens (tertiary/aromatic N) is 2. The van der Waals surface area contributed by atoms with Gasteiger partial charge in [0.2, 0.25) is 0 Å². The number of hydrogen-bond donors (Lipinski definition) is 1. The number of fused-ring (bicyclic) bond motifs is 1. The number of allylic oxidation sites excluding steroid dienone is 1. The normalized spacial score (nSPS) is 14.8. The summed E-state index contributed by atoms with van der Waals surface area (Å²) in [6.07, 6.45) is 1.69. The second-order valence-electron chi connectivity index (χ2n) is 8.40. The van der Waals surface area contributed by atoms with Crippen molar-refractivity contribution in [1.29, 1.82) is 0 Å². The molecule has 4 rings (SSSR count). The Bertz CT molecular complexity index is 1710. The number of thiazole rings is 1. The predicted molar refractivity (Wildman–Crippen MR) is 155 cm³/mol. The van der Waals surface area contributed by atoms with Gasteiger partial charge in [-0.1, -0.05) is 33.3 Å². The first-order valence-electron chi connectivity index (χ1n) is 11.8. The summed E-state index contributed by atoms with van der Waals surface area (Å²) in [6, 6.07) is 7.61. The highest BCUT2D eigenvalue weighted by atomic mass is 79.9. The van der Waals surface area contributed by atoms with Gasteiger partial charge in [-0.3, -0.25) is 9.36 Å². The van der Waals surface area contributed by atoms with Crippen LogP contribution in [0.15, 0.2) is 60.3 Å².